The van der Waals surface area contributed by atoms with E-state index in [4.69, 9.17) is 0 Å². The summed E-state index contributed by atoms with van der Waals surface area (Å²) in [4.78, 5) is 22.1. The van der Waals surface area contributed by atoms with Crippen LogP contribution in [0.5, 0.6) is 0 Å². The highest BCUT2D eigenvalue weighted by atomic mass is 32.2. The fourth-order valence-corrected chi connectivity index (χ4v) is 5.38. The molecule has 0 saturated carbocycles. The number of rotatable bonds is 5. The minimum absolute atomic E-state index is 0.0271. The van der Waals surface area contributed by atoms with E-state index in [9.17, 15) is 23.3 Å². The number of sulfonamides is 1. The van der Waals surface area contributed by atoms with Gasteiger partial charge in [0, 0.05) is 12.1 Å². The first kappa shape index (κ1) is 18.2. The minimum Gasteiger partial charge on any atom is -0.468 e. The average Bonchev–Trinajstić information content (AvgIpc) is 3.23. The molecule has 9 nitrogen and oxygen atoms in total. The van der Waals surface area contributed by atoms with Crippen molar-refractivity contribution in [3.63, 3.8) is 0 Å². The molecule has 0 bridgehead atoms. The van der Waals surface area contributed by atoms with Gasteiger partial charge in [-0.25, -0.2) is 0 Å². The molecule has 0 N–H and O–H groups in total. The quantitative estimate of drug-likeness (QED) is 0.359. The lowest BCUT2D eigenvalue weighted by Crippen LogP contribution is -2.22. The van der Waals surface area contributed by atoms with Gasteiger partial charge in [0.1, 0.15) is 10.8 Å². The number of hydrogen-bond acceptors (Lipinski definition) is 8. The van der Waals surface area contributed by atoms with Crippen molar-refractivity contribution in [2.75, 3.05) is 7.11 Å². The maximum atomic E-state index is 12.4. The predicted molar refractivity (Wildman–Crippen MR) is 95.6 cm³/mol. The summed E-state index contributed by atoms with van der Waals surface area (Å²) < 4.78 is 35.2. The lowest BCUT2D eigenvalue weighted by molar-refractivity contribution is -0.384. The summed E-state index contributed by atoms with van der Waals surface area (Å²) in [6, 6.07) is 7.05. The number of aromatic nitrogens is 1. The van der Waals surface area contributed by atoms with E-state index in [0.29, 0.717) is 10.2 Å². The number of nitro benzene ring substituents is 1. The van der Waals surface area contributed by atoms with E-state index < -0.39 is 20.9 Å². The topological polar surface area (TPSA) is 121 Å². The summed E-state index contributed by atoms with van der Waals surface area (Å²) >= 11 is 1.96. The number of benzene rings is 1. The van der Waals surface area contributed by atoms with Crippen molar-refractivity contribution in [1.29, 1.82) is 0 Å². The van der Waals surface area contributed by atoms with Crippen LogP contribution >= 0.6 is 22.7 Å². The molecule has 0 spiro atoms. The molecule has 0 unspecified atom stereocenters. The van der Waals surface area contributed by atoms with Crippen molar-refractivity contribution in [3.05, 3.63) is 50.6 Å². The molecular weight excluding hydrogens is 402 g/mol. The van der Waals surface area contributed by atoms with Crippen LogP contribution in [0.3, 0.4) is 0 Å². The zero-order valence-electron chi connectivity index (χ0n) is 13.2. The van der Waals surface area contributed by atoms with Gasteiger partial charge in [-0.1, -0.05) is 17.4 Å². The Kier molecular flexibility index (Phi) is 4.89. The van der Waals surface area contributed by atoms with Crippen LogP contribution in [-0.2, 0) is 26.1 Å². The van der Waals surface area contributed by atoms with E-state index in [0.717, 1.165) is 22.7 Å². The average molecular weight is 413 g/mol. The number of hydrogen-bond donors (Lipinski definition) is 0. The Bertz CT molecular complexity index is 1160. The number of carbonyl (C=O) groups is 1. The first-order chi connectivity index (χ1) is 12.3. The molecule has 0 fully saturated rings. The smallest absolute Gasteiger partial charge is 0.325 e. The third-order valence-electron chi connectivity index (χ3n) is 3.34. The first-order valence-corrected chi connectivity index (χ1v) is 10.1. The summed E-state index contributed by atoms with van der Waals surface area (Å²) in [5.41, 5.74) is 0.308. The van der Waals surface area contributed by atoms with Gasteiger partial charge in [-0.15, -0.1) is 15.7 Å². The Labute approximate surface area is 155 Å². The number of ether oxygens (including phenoxy) is 1. The maximum Gasteiger partial charge on any atom is 0.325 e. The van der Waals surface area contributed by atoms with E-state index >= 15 is 0 Å². The van der Waals surface area contributed by atoms with Crippen LogP contribution in [0.15, 0.2) is 44.3 Å². The number of non-ortho nitro benzene ring substituents is 1. The molecule has 2 heterocycles. The van der Waals surface area contributed by atoms with Crippen LogP contribution in [0.4, 0.5) is 5.69 Å². The summed E-state index contributed by atoms with van der Waals surface area (Å²) in [5.74, 6) is -0.599. The van der Waals surface area contributed by atoms with Crippen molar-refractivity contribution in [3.8, 4) is 0 Å². The normalized spacial score (nSPS) is 12.4. The van der Waals surface area contributed by atoms with Crippen LogP contribution in [0.2, 0.25) is 0 Å². The van der Waals surface area contributed by atoms with E-state index in [-0.39, 0.29) is 21.2 Å². The molecule has 136 valence electrons. The molecule has 0 aliphatic heterocycles. The molecule has 0 saturated heterocycles. The van der Waals surface area contributed by atoms with Gasteiger partial charge in [-0.05, 0) is 17.5 Å². The first-order valence-electron chi connectivity index (χ1n) is 7.01. The molecule has 1 aromatic carbocycles. The van der Waals surface area contributed by atoms with Crippen molar-refractivity contribution in [2.45, 2.75) is 10.8 Å². The Morgan fingerprint density at radius 1 is 1.38 bits per heavy atom. The molecular formula is C14H11N3O6S3. The molecule has 3 aromatic rings. The van der Waals surface area contributed by atoms with Crippen LogP contribution in [0, 0.1) is 10.1 Å². The Morgan fingerprint density at radius 3 is 2.77 bits per heavy atom. The summed E-state index contributed by atoms with van der Waals surface area (Å²) in [7, 11) is -2.75. The van der Waals surface area contributed by atoms with Crippen molar-refractivity contribution in [2.24, 2.45) is 4.40 Å². The molecule has 0 aliphatic rings. The molecule has 26 heavy (non-hydrogen) atoms. The molecule has 3 rings (SSSR count). The van der Waals surface area contributed by atoms with Crippen molar-refractivity contribution < 1.29 is 22.9 Å². The van der Waals surface area contributed by atoms with Crippen LogP contribution < -0.4 is 4.80 Å². The number of fused-ring (bicyclic) bond motifs is 1. The Morgan fingerprint density at radius 2 is 2.15 bits per heavy atom. The summed E-state index contributed by atoms with van der Waals surface area (Å²) in [5, 5.41) is 12.6. The van der Waals surface area contributed by atoms with Gasteiger partial charge < -0.3 is 9.30 Å². The largest absolute Gasteiger partial charge is 0.468 e. The van der Waals surface area contributed by atoms with E-state index in [1.165, 1.54) is 35.9 Å². The highest BCUT2D eigenvalue weighted by molar-refractivity contribution is 7.92. The number of nitro groups is 1. The number of methoxy groups -OCH3 is 1. The third-order valence-corrected chi connectivity index (χ3v) is 7.14. The molecule has 0 amide bonds. The second kappa shape index (κ2) is 6.97. The Balaban J connectivity index is 2.25. The lowest BCUT2D eigenvalue weighted by atomic mass is 10.3. The van der Waals surface area contributed by atoms with Gasteiger partial charge in [-0.3, -0.25) is 14.9 Å². The molecule has 0 atom stereocenters. The highest BCUT2D eigenvalue weighted by Crippen LogP contribution is 2.24. The van der Waals surface area contributed by atoms with Gasteiger partial charge in [0.2, 0.25) is 4.80 Å². The lowest BCUT2D eigenvalue weighted by Gasteiger charge is -2.03. The van der Waals surface area contributed by atoms with E-state index in [2.05, 4.69) is 9.13 Å². The van der Waals surface area contributed by atoms with Gasteiger partial charge in [0.25, 0.3) is 15.7 Å². The van der Waals surface area contributed by atoms with E-state index in [1.807, 2.05) is 0 Å². The number of carbonyl (C=O) groups excluding carboxylic acids is 1. The Hall–Kier alpha value is -2.57. The van der Waals surface area contributed by atoms with Gasteiger partial charge in [0.05, 0.1) is 22.2 Å². The van der Waals surface area contributed by atoms with Gasteiger partial charge >= 0.3 is 5.97 Å². The second-order valence-corrected chi connectivity index (χ2v) is 8.74. The van der Waals surface area contributed by atoms with Crippen molar-refractivity contribution >= 4 is 54.6 Å². The van der Waals surface area contributed by atoms with E-state index in [1.54, 1.807) is 11.4 Å². The fourth-order valence-electron chi connectivity index (χ4n) is 2.15. The van der Waals surface area contributed by atoms with Gasteiger partial charge in [-0.2, -0.15) is 8.42 Å². The fraction of sp³-hybridized carbons (Fsp3) is 0.143. The summed E-state index contributed by atoms with van der Waals surface area (Å²) in [6.07, 6.45) is 0. The molecule has 0 radical (unpaired) electrons. The number of nitrogens with zero attached hydrogens (tertiary/aromatic N) is 3. The van der Waals surface area contributed by atoms with Crippen molar-refractivity contribution in [1.82, 2.24) is 4.57 Å². The number of thiazole rings is 1. The molecule has 0 aliphatic carbocycles. The third kappa shape index (κ3) is 3.52. The van der Waals surface area contributed by atoms with Crippen LogP contribution in [-0.4, -0.2) is 31.0 Å². The SMILES string of the molecule is COC(=O)Cn1/c(=N/S(=O)(=O)c2cccs2)sc2cc([N+](=O)[O-])ccc21. The zero-order chi connectivity index (χ0) is 18.9. The molecule has 2 aromatic heterocycles. The molecule has 12 heteroatoms. The monoisotopic (exact) mass is 413 g/mol. The number of esters is 1. The predicted octanol–water partition coefficient (Wildman–Crippen LogP) is 2.14. The number of thiophene rings is 1. The second-order valence-electron chi connectivity index (χ2n) is 4.95. The van der Waals surface area contributed by atoms with Gasteiger partial charge in [0.15, 0.2) is 0 Å². The highest BCUT2D eigenvalue weighted by Gasteiger charge is 2.18. The minimum atomic E-state index is -3.96. The maximum absolute atomic E-state index is 12.4. The zero-order valence-corrected chi connectivity index (χ0v) is 15.6. The van der Waals surface area contributed by atoms with Crippen LogP contribution in [0.25, 0.3) is 10.2 Å². The summed E-state index contributed by atoms with van der Waals surface area (Å²) in [6.45, 7) is -0.271. The van der Waals surface area contributed by atoms with Crippen LogP contribution in [0.1, 0.15) is 0 Å². The standard InChI is InChI=1S/C14H11N3O6S3/c1-23-12(18)8-16-10-5-4-9(17(19)20)7-11(10)25-14(16)15-26(21,22)13-3-2-6-24-13/h2-7H,8H2,1H3/b15-14-.